The number of methoxy groups -OCH3 is 1. The van der Waals surface area contributed by atoms with Crippen LogP contribution < -0.4 is 10.6 Å². The van der Waals surface area contributed by atoms with E-state index >= 15 is 0 Å². The maximum absolute atomic E-state index is 12.8. The number of benzene rings is 2. The van der Waals surface area contributed by atoms with Crippen molar-refractivity contribution in [2.24, 2.45) is 5.92 Å². The number of nitrogens with one attached hydrogen (secondary N) is 2. The highest BCUT2D eigenvalue weighted by Crippen LogP contribution is 2.08. The molecule has 0 spiro atoms. The first kappa shape index (κ1) is 22.9. The maximum atomic E-state index is 12.8. The van der Waals surface area contributed by atoms with Crippen molar-refractivity contribution in [3.63, 3.8) is 0 Å². The summed E-state index contributed by atoms with van der Waals surface area (Å²) < 4.78 is 10.0. The van der Waals surface area contributed by atoms with Gasteiger partial charge in [0.15, 0.2) is 0 Å². The minimum absolute atomic E-state index is 0.0951. The molecular weight excluding hydrogens is 384 g/mol. The lowest BCUT2D eigenvalue weighted by Crippen LogP contribution is -2.54. The fourth-order valence-corrected chi connectivity index (χ4v) is 2.87. The van der Waals surface area contributed by atoms with Crippen molar-refractivity contribution in [2.75, 3.05) is 7.11 Å². The van der Waals surface area contributed by atoms with Gasteiger partial charge in [0.1, 0.15) is 18.7 Å². The molecule has 0 aliphatic rings. The van der Waals surface area contributed by atoms with Crippen LogP contribution in [0, 0.1) is 5.92 Å². The summed E-state index contributed by atoms with van der Waals surface area (Å²) in [5.41, 5.74) is 1.72. The lowest BCUT2D eigenvalue weighted by molar-refractivity contribution is -0.145. The van der Waals surface area contributed by atoms with E-state index in [-0.39, 0.29) is 18.9 Å². The molecule has 2 amide bonds. The molecule has 2 N–H and O–H groups in total. The van der Waals surface area contributed by atoms with Crippen LogP contribution in [-0.2, 0) is 32.1 Å². The van der Waals surface area contributed by atoms with Gasteiger partial charge in [-0.05, 0) is 17.0 Å². The first-order valence-electron chi connectivity index (χ1n) is 9.80. The van der Waals surface area contributed by atoms with E-state index in [9.17, 15) is 14.4 Å². The largest absolute Gasteiger partial charge is 0.467 e. The molecule has 0 heterocycles. The molecule has 2 aromatic carbocycles. The van der Waals surface area contributed by atoms with Gasteiger partial charge in [-0.25, -0.2) is 9.59 Å². The van der Waals surface area contributed by atoms with E-state index in [1.165, 1.54) is 7.11 Å². The highest BCUT2D eigenvalue weighted by Gasteiger charge is 2.29. The Morgan fingerprint density at radius 3 is 1.97 bits per heavy atom. The Hall–Kier alpha value is -3.35. The molecule has 0 aliphatic heterocycles. The van der Waals surface area contributed by atoms with Gasteiger partial charge in [-0.1, -0.05) is 74.5 Å². The molecule has 0 radical (unpaired) electrons. The number of hydrogen-bond donors (Lipinski definition) is 2. The van der Waals surface area contributed by atoms with Crippen molar-refractivity contribution in [3.05, 3.63) is 71.8 Å². The van der Waals surface area contributed by atoms with Crippen molar-refractivity contribution in [2.45, 2.75) is 39.0 Å². The van der Waals surface area contributed by atoms with Crippen LogP contribution in [0.15, 0.2) is 60.7 Å². The van der Waals surface area contributed by atoms with Crippen LogP contribution in [-0.4, -0.2) is 37.2 Å². The second kappa shape index (κ2) is 11.6. The topological polar surface area (TPSA) is 93.7 Å². The second-order valence-electron chi connectivity index (χ2n) is 7.20. The van der Waals surface area contributed by atoms with Crippen molar-refractivity contribution < 1.29 is 23.9 Å². The molecule has 0 saturated carbocycles. The third-order valence-corrected chi connectivity index (χ3v) is 4.52. The smallest absolute Gasteiger partial charge is 0.408 e. The zero-order chi connectivity index (χ0) is 21.9. The van der Waals surface area contributed by atoms with Gasteiger partial charge in [-0.2, -0.15) is 0 Å². The summed E-state index contributed by atoms with van der Waals surface area (Å²) in [6, 6.07) is 16.8. The molecule has 0 saturated heterocycles. The molecule has 1 unspecified atom stereocenters. The van der Waals surface area contributed by atoms with E-state index in [4.69, 9.17) is 9.47 Å². The molecule has 2 aromatic rings. The highest BCUT2D eigenvalue weighted by atomic mass is 16.5. The standard InChI is InChI=1S/C23H28N2O5/c1-16(2)20(25-23(28)30-15-18-12-8-5-9-13-18)21(26)24-19(22(27)29-3)14-17-10-6-4-7-11-17/h4-13,16,19-20H,14-15H2,1-3H3,(H,24,26)(H,25,28)/t19-,20?/m0/s1. The third kappa shape index (κ3) is 7.24. The van der Waals surface area contributed by atoms with E-state index in [0.29, 0.717) is 0 Å². The quantitative estimate of drug-likeness (QED) is 0.618. The van der Waals surface area contributed by atoms with Gasteiger partial charge in [0, 0.05) is 6.42 Å². The Bertz CT molecular complexity index is 824. The normalized spacial score (nSPS) is 12.5. The van der Waals surface area contributed by atoms with Gasteiger partial charge in [-0.3, -0.25) is 4.79 Å². The molecule has 0 bridgehead atoms. The van der Waals surface area contributed by atoms with E-state index in [2.05, 4.69) is 10.6 Å². The molecule has 7 heteroatoms. The number of amides is 2. The molecular formula is C23H28N2O5. The zero-order valence-corrected chi connectivity index (χ0v) is 17.5. The van der Waals surface area contributed by atoms with Gasteiger partial charge < -0.3 is 20.1 Å². The zero-order valence-electron chi connectivity index (χ0n) is 17.5. The summed E-state index contributed by atoms with van der Waals surface area (Å²) >= 11 is 0. The summed E-state index contributed by atoms with van der Waals surface area (Å²) in [6.45, 7) is 3.69. The number of rotatable bonds is 9. The summed E-state index contributed by atoms with van der Waals surface area (Å²) in [5, 5.41) is 5.28. The monoisotopic (exact) mass is 412 g/mol. The Balaban J connectivity index is 1.99. The Morgan fingerprint density at radius 2 is 1.43 bits per heavy atom. The Labute approximate surface area is 176 Å². The van der Waals surface area contributed by atoms with Crippen LogP contribution in [0.4, 0.5) is 4.79 Å². The summed E-state index contributed by atoms with van der Waals surface area (Å²) in [5.74, 6) is -1.25. The lowest BCUT2D eigenvalue weighted by atomic mass is 10.0. The SMILES string of the molecule is COC(=O)[C@H](Cc1ccccc1)NC(=O)C(NC(=O)OCc1ccccc1)C(C)C. The van der Waals surface area contributed by atoms with E-state index in [1.54, 1.807) is 13.8 Å². The predicted octanol–water partition coefficient (Wildman–Crippen LogP) is 2.84. The molecule has 0 aromatic heterocycles. The molecule has 2 atom stereocenters. The van der Waals surface area contributed by atoms with Crippen LogP contribution in [0.25, 0.3) is 0 Å². The van der Waals surface area contributed by atoms with Crippen molar-refractivity contribution >= 4 is 18.0 Å². The molecule has 30 heavy (non-hydrogen) atoms. The number of alkyl carbamates (subject to hydrolysis) is 1. The summed E-state index contributed by atoms with van der Waals surface area (Å²) in [6.07, 6.45) is -0.423. The van der Waals surface area contributed by atoms with E-state index in [0.717, 1.165) is 11.1 Å². The number of carbonyl (C=O) groups excluding carboxylic acids is 3. The predicted molar refractivity (Wildman–Crippen MR) is 112 cm³/mol. The average molecular weight is 412 g/mol. The minimum atomic E-state index is -0.867. The van der Waals surface area contributed by atoms with Gasteiger partial charge in [0.25, 0.3) is 0 Å². The van der Waals surface area contributed by atoms with Gasteiger partial charge >= 0.3 is 12.1 Å². The summed E-state index contributed by atoms with van der Waals surface area (Å²) in [7, 11) is 1.27. The molecule has 0 aliphatic carbocycles. The Kier molecular flexibility index (Phi) is 8.87. The van der Waals surface area contributed by atoms with Crippen molar-refractivity contribution in [1.29, 1.82) is 0 Å². The van der Waals surface area contributed by atoms with Crippen LogP contribution in [0.3, 0.4) is 0 Å². The first-order valence-corrected chi connectivity index (χ1v) is 9.80. The second-order valence-corrected chi connectivity index (χ2v) is 7.20. The van der Waals surface area contributed by atoms with E-state index < -0.39 is 30.1 Å². The third-order valence-electron chi connectivity index (χ3n) is 4.52. The lowest BCUT2D eigenvalue weighted by Gasteiger charge is -2.24. The molecule has 0 fully saturated rings. The number of esters is 1. The van der Waals surface area contributed by atoms with Crippen LogP contribution in [0.5, 0.6) is 0 Å². The van der Waals surface area contributed by atoms with Crippen molar-refractivity contribution in [3.8, 4) is 0 Å². The van der Waals surface area contributed by atoms with Gasteiger partial charge in [0.2, 0.25) is 5.91 Å². The number of ether oxygens (including phenoxy) is 2. The molecule has 160 valence electrons. The van der Waals surface area contributed by atoms with Gasteiger partial charge in [0.05, 0.1) is 7.11 Å². The number of carbonyl (C=O) groups is 3. The van der Waals surface area contributed by atoms with Crippen LogP contribution in [0.1, 0.15) is 25.0 Å². The number of hydrogen-bond acceptors (Lipinski definition) is 5. The first-order chi connectivity index (χ1) is 14.4. The van der Waals surface area contributed by atoms with Crippen molar-refractivity contribution in [1.82, 2.24) is 10.6 Å². The summed E-state index contributed by atoms with van der Waals surface area (Å²) in [4.78, 5) is 37.2. The fourth-order valence-electron chi connectivity index (χ4n) is 2.87. The van der Waals surface area contributed by atoms with E-state index in [1.807, 2.05) is 60.7 Å². The minimum Gasteiger partial charge on any atom is -0.467 e. The maximum Gasteiger partial charge on any atom is 0.408 e. The van der Waals surface area contributed by atoms with Crippen LogP contribution >= 0.6 is 0 Å². The molecule has 7 nitrogen and oxygen atoms in total. The van der Waals surface area contributed by atoms with Gasteiger partial charge in [-0.15, -0.1) is 0 Å². The fraction of sp³-hybridized carbons (Fsp3) is 0.348. The van der Waals surface area contributed by atoms with Crippen LogP contribution in [0.2, 0.25) is 0 Å². The Morgan fingerprint density at radius 1 is 0.867 bits per heavy atom. The molecule has 2 rings (SSSR count). The average Bonchev–Trinajstić information content (AvgIpc) is 2.76. The highest BCUT2D eigenvalue weighted by molar-refractivity contribution is 5.90.